The summed E-state index contributed by atoms with van der Waals surface area (Å²) in [6, 6.07) is 5.37. The Morgan fingerprint density at radius 3 is 3.06 bits per heavy atom. The van der Waals surface area contributed by atoms with Crippen molar-refractivity contribution in [3.8, 4) is 0 Å². The molecule has 4 nitrogen and oxygen atoms in total. The number of aromatic nitrogens is 2. The van der Waals surface area contributed by atoms with Crippen molar-refractivity contribution in [2.75, 3.05) is 0 Å². The molecular weight excluding hydrogens is 224 g/mol. The summed E-state index contributed by atoms with van der Waals surface area (Å²) in [6.45, 7) is 1.82. The molecule has 5 heteroatoms. The van der Waals surface area contributed by atoms with Crippen LogP contribution in [0.15, 0.2) is 24.4 Å². The van der Waals surface area contributed by atoms with Crippen molar-refractivity contribution in [3.63, 3.8) is 0 Å². The van der Waals surface area contributed by atoms with E-state index in [1.165, 1.54) is 4.73 Å². The van der Waals surface area contributed by atoms with Crippen molar-refractivity contribution < 1.29 is 9.63 Å². The van der Waals surface area contributed by atoms with E-state index in [1.54, 1.807) is 12.3 Å². The van der Waals surface area contributed by atoms with Crippen LogP contribution < -0.4 is 4.84 Å². The first kappa shape index (κ1) is 9.47. The smallest absolute Gasteiger partial charge is 0.334 e. The number of nitrogens with zero attached hydrogens (tertiary/aromatic N) is 2. The van der Waals surface area contributed by atoms with Gasteiger partial charge in [-0.3, -0.25) is 4.98 Å². The largest absolute Gasteiger partial charge is 0.340 e. The Bertz CT molecular complexity index is 663. The summed E-state index contributed by atoms with van der Waals surface area (Å²) in [5.74, 6) is -0.565. The van der Waals surface area contributed by atoms with Crippen LogP contribution in [0.5, 0.6) is 0 Å². The number of hydrogen-bond acceptors (Lipinski definition) is 4. The number of carbonyl (C=O) groups excluding carboxylic acids is 1. The topological polar surface area (TPSA) is 44.1 Å². The molecule has 0 aromatic carbocycles. The Balaban J connectivity index is 2.53. The fourth-order valence-corrected chi connectivity index (χ4v) is 2.09. The van der Waals surface area contributed by atoms with Gasteiger partial charge in [0.2, 0.25) is 0 Å². The van der Waals surface area contributed by atoms with E-state index in [4.69, 9.17) is 17.1 Å². The molecule has 1 aliphatic rings. The third kappa shape index (κ3) is 1.12. The molecule has 0 spiro atoms. The van der Waals surface area contributed by atoms with E-state index in [1.807, 2.05) is 19.1 Å². The van der Waals surface area contributed by atoms with Gasteiger partial charge >= 0.3 is 5.97 Å². The molecule has 0 saturated heterocycles. The SMILES string of the molecule is CC1C(=O)On2c(=S)ccc3nccc1c32. The van der Waals surface area contributed by atoms with Gasteiger partial charge < -0.3 is 4.84 Å². The Morgan fingerprint density at radius 1 is 1.44 bits per heavy atom. The summed E-state index contributed by atoms with van der Waals surface area (Å²) >= 11 is 5.12. The van der Waals surface area contributed by atoms with Gasteiger partial charge in [0, 0.05) is 6.20 Å². The highest BCUT2D eigenvalue weighted by molar-refractivity contribution is 7.71. The van der Waals surface area contributed by atoms with Crippen LogP contribution in [0.3, 0.4) is 0 Å². The van der Waals surface area contributed by atoms with Crippen LogP contribution in [0, 0.1) is 4.64 Å². The van der Waals surface area contributed by atoms with Crippen LogP contribution in [-0.4, -0.2) is 15.7 Å². The molecule has 0 bridgehead atoms. The third-order valence-corrected chi connectivity index (χ3v) is 3.07. The quantitative estimate of drug-likeness (QED) is 0.650. The van der Waals surface area contributed by atoms with Crippen LogP contribution in [-0.2, 0) is 4.79 Å². The van der Waals surface area contributed by atoms with Gasteiger partial charge in [0.05, 0.1) is 11.4 Å². The average Bonchev–Trinajstić information content (AvgIpc) is 2.29. The van der Waals surface area contributed by atoms with Crippen LogP contribution in [0.4, 0.5) is 0 Å². The Labute approximate surface area is 96.4 Å². The number of hydrogen-bond donors (Lipinski definition) is 0. The average molecular weight is 232 g/mol. The molecule has 0 radical (unpaired) electrons. The van der Waals surface area contributed by atoms with E-state index in [0.717, 1.165) is 16.6 Å². The Hall–Kier alpha value is -1.75. The predicted octanol–water partition coefficient (Wildman–Crippen LogP) is 1.84. The molecule has 0 fully saturated rings. The summed E-state index contributed by atoms with van der Waals surface area (Å²) in [5, 5.41) is 0. The zero-order valence-electron chi connectivity index (χ0n) is 8.51. The molecule has 0 saturated carbocycles. The molecule has 0 N–H and O–H groups in total. The van der Waals surface area contributed by atoms with Crippen molar-refractivity contribution in [3.05, 3.63) is 34.6 Å². The second-order valence-corrected chi connectivity index (χ2v) is 4.15. The molecule has 2 aromatic rings. The van der Waals surface area contributed by atoms with E-state index in [2.05, 4.69) is 4.98 Å². The minimum Gasteiger partial charge on any atom is -0.334 e. The Kier molecular flexibility index (Phi) is 1.85. The molecule has 0 aliphatic carbocycles. The molecular formula is C11H8N2O2S. The molecule has 3 heterocycles. The van der Waals surface area contributed by atoms with Crippen molar-refractivity contribution in [1.82, 2.24) is 9.71 Å². The van der Waals surface area contributed by atoms with Crippen molar-refractivity contribution in [1.29, 1.82) is 0 Å². The molecule has 1 atom stereocenters. The van der Waals surface area contributed by atoms with Gasteiger partial charge in [-0.05, 0) is 30.7 Å². The predicted molar refractivity (Wildman–Crippen MR) is 60.6 cm³/mol. The first-order valence-electron chi connectivity index (χ1n) is 4.91. The first-order valence-corrected chi connectivity index (χ1v) is 5.32. The first-order chi connectivity index (χ1) is 7.68. The van der Waals surface area contributed by atoms with Crippen LogP contribution in [0.25, 0.3) is 11.0 Å². The van der Waals surface area contributed by atoms with E-state index in [9.17, 15) is 4.79 Å². The highest BCUT2D eigenvalue weighted by Crippen LogP contribution is 2.28. The third-order valence-electron chi connectivity index (χ3n) is 2.77. The second kappa shape index (κ2) is 3.12. The molecule has 3 rings (SSSR count). The number of carbonyl (C=O) groups is 1. The van der Waals surface area contributed by atoms with E-state index < -0.39 is 0 Å². The van der Waals surface area contributed by atoms with Crippen LogP contribution in [0.2, 0.25) is 0 Å². The summed E-state index contributed by atoms with van der Waals surface area (Å²) in [4.78, 5) is 21.0. The molecule has 1 aliphatic heterocycles. The van der Waals surface area contributed by atoms with Crippen LogP contribution >= 0.6 is 12.2 Å². The van der Waals surface area contributed by atoms with Crippen LogP contribution in [0.1, 0.15) is 18.4 Å². The lowest BCUT2D eigenvalue weighted by atomic mass is 10.00. The monoisotopic (exact) mass is 232 g/mol. The molecule has 80 valence electrons. The molecule has 2 aromatic heterocycles. The summed E-state index contributed by atoms with van der Waals surface area (Å²) in [5.41, 5.74) is 2.49. The lowest BCUT2D eigenvalue weighted by molar-refractivity contribution is -0.146. The lowest BCUT2D eigenvalue weighted by Gasteiger charge is -2.22. The summed E-state index contributed by atoms with van der Waals surface area (Å²) < 4.78 is 1.86. The van der Waals surface area contributed by atoms with Gasteiger partial charge in [-0.25, -0.2) is 4.79 Å². The fourth-order valence-electron chi connectivity index (χ4n) is 1.89. The van der Waals surface area contributed by atoms with Gasteiger partial charge in [-0.15, -0.1) is 0 Å². The van der Waals surface area contributed by atoms with Crippen molar-refractivity contribution in [2.24, 2.45) is 0 Å². The van der Waals surface area contributed by atoms with Crippen molar-refractivity contribution in [2.45, 2.75) is 12.8 Å². The minimum atomic E-state index is -0.290. The summed E-state index contributed by atoms with van der Waals surface area (Å²) in [7, 11) is 0. The maximum atomic E-state index is 11.6. The normalized spacial score (nSPS) is 18.6. The minimum absolute atomic E-state index is 0.276. The molecule has 1 unspecified atom stereocenters. The zero-order valence-corrected chi connectivity index (χ0v) is 9.32. The zero-order chi connectivity index (χ0) is 11.3. The summed E-state index contributed by atoms with van der Waals surface area (Å²) in [6.07, 6.45) is 1.69. The highest BCUT2D eigenvalue weighted by atomic mass is 32.1. The maximum Gasteiger partial charge on any atom is 0.340 e. The van der Waals surface area contributed by atoms with E-state index >= 15 is 0 Å². The van der Waals surface area contributed by atoms with Gasteiger partial charge in [0.1, 0.15) is 10.2 Å². The van der Waals surface area contributed by atoms with Crippen molar-refractivity contribution >= 4 is 29.2 Å². The highest BCUT2D eigenvalue weighted by Gasteiger charge is 2.27. The van der Waals surface area contributed by atoms with E-state index in [-0.39, 0.29) is 11.9 Å². The van der Waals surface area contributed by atoms with Gasteiger partial charge in [-0.2, -0.15) is 4.73 Å². The second-order valence-electron chi connectivity index (χ2n) is 3.73. The molecule has 16 heavy (non-hydrogen) atoms. The lowest BCUT2D eigenvalue weighted by Crippen LogP contribution is -2.30. The standard InChI is InChI=1S/C11H8N2O2S/c1-6-7-4-5-12-8-2-3-9(16)13(10(7)8)15-11(6)14/h2-6H,1H3. The van der Waals surface area contributed by atoms with Gasteiger partial charge in [0.25, 0.3) is 0 Å². The van der Waals surface area contributed by atoms with E-state index in [0.29, 0.717) is 4.64 Å². The Morgan fingerprint density at radius 2 is 2.25 bits per heavy atom. The maximum absolute atomic E-state index is 11.6. The number of rotatable bonds is 0. The molecule has 0 amide bonds. The van der Waals surface area contributed by atoms with Gasteiger partial charge in [-0.1, -0.05) is 12.2 Å². The number of pyridine rings is 2. The van der Waals surface area contributed by atoms with Gasteiger partial charge in [0.15, 0.2) is 0 Å². The fraction of sp³-hybridized carbons (Fsp3) is 0.182.